The topological polar surface area (TPSA) is 21.3 Å². The Kier molecular flexibility index (Phi) is 6.71. The first-order valence-corrected chi connectivity index (χ1v) is 6.71. The van der Waals surface area contributed by atoms with E-state index in [1.165, 1.54) is 12.0 Å². The molecule has 2 nitrogen and oxygen atoms in total. The van der Waals surface area contributed by atoms with Gasteiger partial charge in [0.1, 0.15) is 5.75 Å². The van der Waals surface area contributed by atoms with Crippen LogP contribution < -0.4 is 10.1 Å². The summed E-state index contributed by atoms with van der Waals surface area (Å²) in [7, 11) is 0. The van der Waals surface area contributed by atoms with Gasteiger partial charge in [-0.25, -0.2) is 0 Å². The van der Waals surface area contributed by atoms with Crippen molar-refractivity contribution in [3.05, 3.63) is 29.8 Å². The average molecular weight is 235 g/mol. The molecule has 1 aromatic carbocycles. The monoisotopic (exact) mass is 235 g/mol. The Labute approximate surface area is 105 Å². The summed E-state index contributed by atoms with van der Waals surface area (Å²) in [5, 5.41) is 3.48. The van der Waals surface area contributed by atoms with Crippen molar-refractivity contribution >= 4 is 0 Å². The zero-order chi connectivity index (χ0) is 12.5. The van der Waals surface area contributed by atoms with E-state index in [1.807, 2.05) is 0 Å². The largest absolute Gasteiger partial charge is 0.494 e. The van der Waals surface area contributed by atoms with E-state index in [0.717, 1.165) is 31.7 Å². The molecule has 0 radical (unpaired) electrons. The fourth-order valence-electron chi connectivity index (χ4n) is 1.47. The van der Waals surface area contributed by atoms with Crippen LogP contribution in [0.15, 0.2) is 24.3 Å². The Morgan fingerprint density at radius 2 is 1.88 bits per heavy atom. The number of benzene rings is 1. The third-order valence-corrected chi connectivity index (χ3v) is 2.96. The van der Waals surface area contributed by atoms with Crippen molar-refractivity contribution in [3.8, 4) is 5.75 Å². The summed E-state index contributed by atoms with van der Waals surface area (Å²) in [6, 6.07) is 8.97. The van der Waals surface area contributed by atoms with Crippen molar-refractivity contribution in [2.75, 3.05) is 6.61 Å². The summed E-state index contributed by atoms with van der Waals surface area (Å²) in [6.45, 7) is 8.34. The fourth-order valence-corrected chi connectivity index (χ4v) is 1.47. The zero-order valence-corrected chi connectivity index (χ0v) is 11.3. The molecule has 0 aliphatic heterocycles. The molecule has 1 aromatic rings. The molecule has 17 heavy (non-hydrogen) atoms. The van der Waals surface area contributed by atoms with Crippen LogP contribution in [-0.2, 0) is 6.54 Å². The van der Waals surface area contributed by atoms with Crippen LogP contribution >= 0.6 is 0 Å². The molecule has 0 aromatic heterocycles. The van der Waals surface area contributed by atoms with Crippen LogP contribution in [-0.4, -0.2) is 12.6 Å². The standard InChI is InChI=1S/C15H25NO/c1-4-6-11-17-15-9-7-14(8-10-15)12-16-13(3)5-2/h7-10,13,16H,4-6,11-12H2,1-3H3/t13-/m1/s1. The van der Waals surface area contributed by atoms with E-state index in [2.05, 4.69) is 50.4 Å². The molecule has 0 heterocycles. The van der Waals surface area contributed by atoms with Crippen LogP contribution in [0.1, 0.15) is 45.6 Å². The minimum atomic E-state index is 0.579. The van der Waals surface area contributed by atoms with E-state index in [9.17, 15) is 0 Å². The summed E-state index contributed by atoms with van der Waals surface area (Å²) in [4.78, 5) is 0. The maximum atomic E-state index is 5.63. The lowest BCUT2D eigenvalue weighted by molar-refractivity contribution is 0.309. The molecule has 0 fully saturated rings. The maximum absolute atomic E-state index is 5.63. The lowest BCUT2D eigenvalue weighted by atomic mass is 10.2. The minimum absolute atomic E-state index is 0.579. The lowest BCUT2D eigenvalue weighted by Crippen LogP contribution is -2.24. The molecule has 1 atom stereocenters. The van der Waals surface area contributed by atoms with E-state index in [1.54, 1.807) is 0 Å². The number of hydrogen-bond donors (Lipinski definition) is 1. The third-order valence-electron chi connectivity index (χ3n) is 2.96. The summed E-state index contributed by atoms with van der Waals surface area (Å²) in [5.41, 5.74) is 1.31. The SMILES string of the molecule is CCCCOc1ccc(CN[C@H](C)CC)cc1. The molecule has 0 bridgehead atoms. The van der Waals surface area contributed by atoms with Gasteiger partial charge < -0.3 is 10.1 Å². The highest BCUT2D eigenvalue weighted by molar-refractivity contribution is 5.27. The molecular weight excluding hydrogens is 210 g/mol. The van der Waals surface area contributed by atoms with Crippen molar-refractivity contribution < 1.29 is 4.74 Å². The van der Waals surface area contributed by atoms with Crippen LogP contribution in [0.2, 0.25) is 0 Å². The Hall–Kier alpha value is -1.02. The van der Waals surface area contributed by atoms with Crippen molar-refractivity contribution in [3.63, 3.8) is 0 Å². The second kappa shape index (κ2) is 8.13. The van der Waals surface area contributed by atoms with Crippen molar-refractivity contribution in [2.45, 2.75) is 52.6 Å². The first-order chi connectivity index (χ1) is 8.26. The summed E-state index contributed by atoms with van der Waals surface area (Å²) < 4.78 is 5.63. The van der Waals surface area contributed by atoms with Crippen LogP contribution in [0.4, 0.5) is 0 Å². The third kappa shape index (κ3) is 5.73. The first kappa shape index (κ1) is 14.0. The molecule has 0 aliphatic rings. The normalized spacial score (nSPS) is 12.4. The molecule has 0 saturated carbocycles. The Balaban J connectivity index is 2.34. The van der Waals surface area contributed by atoms with E-state index >= 15 is 0 Å². The number of nitrogens with one attached hydrogen (secondary N) is 1. The van der Waals surface area contributed by atoms with Crippen molar-refractivity contribution in [2.24, 2.45) is 0 Å². The van der Waals surface area contributed by atoms with Crippen LogP contribution in [0, 0.1) is 0 Å². The van der Waals surface area contributed by atoms with Gasteiger partial charge in [-0.2, -0.15) is 0 Å². The van der Waals surface area contributed by atoms with E-state index in [0.29, 0.717) is 6.04 Å². The van der Waals surface area contributed by atoms with E-state index in [-0.39, 0.29) is 0 Å². The number of unbranched alkanes of at least 4 members (excludes halogenated alkanes) is 1. The fraction of sp³-hybridized carbons (Fsp3) is 0.600. The lowest BCUT2D eigenvalue weighted by Gasteiger charge is -2.11. The summed E-state index contributed by atoms with van der Waals surface area (Å²) in [5.74, 6) is 0.978. The van der Waals surface area contributed by atoms with Gasteiger partial charge in [-0.3, -0.25) is 0 Å². The van der Waals surface area contributed by atoms with Crippen molar-refractivity contribution in [1.82, 2.24) is 5.32 Å². The highest BCUT2D eigenvalue weighted by Crippen LogP contribution is 2.12. The highest BCUT2D eigenvalue weighted by atomic mass is 16.5. The molecule has 1 rings (SSSR count). The minimum Gasteiger partial charge on any atom is -0.494 e. The molecular formula is C15H25NO. The number of rotatable bonds is 8. The molecule has 2 heteroatoms. The van der Waals surface area contributed by atoms with Crippen LogP contribution in [0.25, 0.3) is 0 Å². The Morgan fingerprint density at radius 1 is 1.18 bits per heavy atom. The van der Waals surface area contributed by atoms with Crippen LogP contribution in [0.5, 0.6) is 5.75 Å². The Morgan fingerprint density at radius 3 is 2.47 bits per heavy atom. The molecule has 1 N–H and O–H groups in total. The number of hydrogen-bond acceptors (Lipinski definition) is 2. The molecule has 0 saturated heterocycles. The quantitative estimate of drug-likeness (QED) is 0.693. The predicted molar refractivity (Wildman–Crippen MR) is 73.4 cm³/mol. The zero-order valence-electron chi connectivity index (χ0n) is 11.3. The van der Waals surface area contributed by atoms with Gasteiger partial charge in [0, 0.05) is 12.6 Å². The molecule has 0 unspecified atom stereocenters. The van der Waals surface area contributed by atoms with Gasteiger partial charge in [-0.05, 0) is 37.5 Å². The van der Waals surface area contributed by atoms with Gasteiger partial charge >= 0.3 is 0 Å². The summed E-state index contributed by atoms with van der Waals surface area (Å²) in [6.07, 6.45) is 3.46. The average Bonchev–Trinajstić information content (AvgIpc) is 2.37. The van der Waals surface area contributed by atoms with Gasteiger partial charge in [0.25, 0.3) is 0 Å². The maximum Gasteiger partial charge on any atom is 0.119 e. The summed E-state index contributed by atoms with van der Waals surface area (Å²) >= 11 is 0. The second-order valence-corrected chi connectivity index (χ2v) is 4.54. The van der Waals surface area contributed by atoms with Gasteiger partial charge in [0.2, 0.25) is 0 Å². The molecule has 0 spiro atoms. The van der Waals surface area contributed by atoms with E-state index in [4.69, 9.17) is 4.74 Å². The van der Waals surface area contributed by atoms with Gasteiger partial charge in [-0.15, -0.1) is 0 Å². The molecule has 0 amide bonds. The van der Waals surface area contributed by atoms with Crippen LogP contribution in [0.3, 0.4) is 0 Å². The van der Waals surface area contributed by atoms with Crippen molar-refractivity contribution in [1.29, 1.82) is 0 Å². The Bertz CT molecular complexity index is 294. The molecule has 0 aliphatic carbocycles. The first-order valence-electron chi connectivity index (χ1n) is 6.71. The van der Waals surface area contributed by atoms with E-state index < -0.39 is 0 Å². The van der Waals surface area contributed by atoms with Gasteiger partial charge in [0.15, 0.2) is 0 Å². The highest BCUT2D eigenvalue weighted by Gasteiger charge is 1.99. The smallest absolute Gasteiger partial charge is 0.119 e. The second-order valence-electron chi connectivity index (χ2n) is 4.54. The van der Waals surface area contributed by atoms with Gasteiger partial charge in [0.05, 0.1) is 6.61 Å². The van der Waals surface area contributed by atoms with Gasteiger partial charge in [-0.1, -0.05) is 32.4 Å². The number of ether oxygens (including phenoxy) is 1. The predicted octanol–water partition coefficient (Wildman–Crippen LogP) is 3.75. The molecule has 96 valence electrons.